The molecule has 9 rings (SSSR count). The van der Waals surface area contributed by atoms with Crippen molar-refractivity contribution in [2.45, 2.75) is 19.4 Å². The molecule has 1 aliphatic rings. The molecule has 56 heavy (non-hydrogen) atoms. The van der Waals surface area contributed by atoms with Gasteiger partial charge in [-0.3, -0.25) is 14.5 Å². The van der Waals surface area contributed by atoms with Crippen LogP contribution in [0.5, 0.6) is 0 Å². The second kappa shape index (κ2) is 16.0. The third-order valence-corrected chi connectivity index (χ3v) is 10.1. The number of rotatable bonds is 10. The molecule has 0 atom stereocenters. The molecular weight excluding hydrogens is 709 g/mol. The quantitative estimate of drug-likeness (QED) is 0.140. The molecule has 1 aliphatic heterocycles. The van der Waals surface area contributed by atoms with Gasteiger partial charge in [0.25, 0.3) is 0 Å². The van der Waals surface area contributed by atoms with Gasteiger partial charge < -0.3 is 13.9 Å². The van der Waals surface area contributed by atoms with Crippen LogP contribution in [0.4, 0.5) is 8.78 Å². The van der Waals surface area contributed by atoms with E-state index in [1.165, 1.54) is 34.4 Å². The van der Waals surface area contributed by atoms with Crippen LogP contribution in [-0.4, -0.2) is 35.4 Å². The summed E-state index contributed by atoms with van der Waals surface area (Å²) < 4.78 is 40.7. The largest absolute Gasteiger partial charge is 0.481 e. The van der Waals surface area contributed by atoms with Crippen LogP contribution in [0.15, 0.2) is 154 Å². The summed E-state index contributed by atoms with van der Waals surface area (Å²) in [5.41, 5.74) is 8.18. The van der Waals surface area contributed by atoms with E-state index in [-0.39, 0.29) is 11.7 Å². The Balaban J connectivity index is 0.000000161. The van der Waals surface area contributed by atoms with E-state index in [0.29, 0.717) is 59.7 Å². The maximum Gasteiger partial charge on any atom is 0.309 e. The summed E-state index contributed by atoms with van der Waals surface area (Å²) in [6.45, 7) is 1.56. The van der Waals surface area contributed by atoms with Crippen molar-refractivity contribution in [3.63, 3.8) is 0 Å². The molecule has 0 unspecified atom stereocenters. The standard InChI is InChI=1S/C26H22FNO3.C22H15FO2/c27-23-12-19(14-28-15-21(16-28)26(29)30)6-8-22(23)25-13-20-11-18(7-9-24(20)31-25)10-17-4-2-1-3-5-17;23-20-12-17(14-24)6-8-19(20)22-13-18-11-16(7-9-21(18)25-22)10-15-4-2-1-3-5-15/h1-9,11-13,21H,10,14-16H2,(H,29,30);1-9,11-14H,10H2. The highest BCUT2D eigenvalue weighted by molar-refractivity contribution is 5.85. The van der Waals surface area contributed by atoms with E-state index in [1.807, 2.05) is 83.8 Å². The summed E-state index contributed by atoms with van der Waals surface area (Å²) in [4.78, 5) is 23.7. The number of carbonyl (C=O) groups is 2. The highest BCUT2D eigenvalue weighted by Gasteiger charge is 2.32. The molecule has 0 saturated carbocycles. The fraction of sp³-hybridized carbons (Fsp3) is 0.125. The van der Waals surface area contributed by atoms with Crippen molar-refractivity contribution >= 4 is 34.2 Å². The molecule has 2 aromatic heterocycles. The number of hydrogen-bond acceptors (Lipinski definition) is 5. The van der Waals surface area contributed by atoms with Gasteiger partial charge in [-0.25, -0.2) is 8.78 Å². The average Bonchev–Trinajstić information content (AvgIpc) is 3.81. The van der Waals surface area contributed by atoms with Crippen molar-refractivity contribution in [3.8, 4) is 22.6 Å². The molecule has 3 heterocycles. The molecule has 6 aromatic carbocycles. The number of nitrogens with zero attached hydrogens (tertiary/aromatic N) is 1. The zero-order valence-corrected chi connectivity index (χ0v) is 30.3. The fourth-order valence-corrected chi connectivity index (χ4v) is 7.11. The summed E-state index contributed by atoms with van der Waals surface area (Å²) >= 11 is 0. The number of carbonyl (C=O) groups excluding carboxylic acids is 1. The van der Waals surface area contributed by atoms with Gasteiger partial charge in [0.15, 0.2) is 0 Å². The Kier molecular flexibility index (Phi) is 10.4. The number of benzene rings is 6. The van der Waals surface area contributed by atoms with Gasteiger partial charge in [0.05, 0.1) is 17.0 Å². The molecule has 8 heteroatoms. The summed E-state index contributed by atoms with van der Waals surface area (Å²) in [7, 11) is 0. The van der Waals surface area contributed by atoms with Gasteiger partial charge in [0.1, 0.15) is 40.6 Å². The molecule has 6 nitrogen and oxygen atoms in total. The van der Waals surface area contributed by atoms with Crippen molar-refractivity contribution < 1.29 is 32.3 Å². The van der Waals surface area contributed by atoms with Crippen LogP contribution in [0, 0.1) is 17.6 Å². The number of furan rings is 2. The SMILES string of the molecule is O=C(O)C1CN(Cc2ccc(-c3cc4cc(Cc5ccccc5)ccc4o3)c(F)c2)C1.O=Cc1ccc(-c2cc3cc(Cc4ccccc4)ccc3o2)c(F)c1. The van der Waals surface area contributed by atoms with Crippen LogP contribution >= 0.6 is 0 Å². The number of carboxylic acid groups (broad SMARTS) is 1. The predicted molar refractivity (Wildman–Crippen MR) is 214 cm³/mol. The molecule has 0 spiro atoms. The Morgan fingerprint density at radius 3 is 1.59 bits per heavy atom. The Morgan fingerprint density at radius 2 is 1.11 bits per heavy atom. The van der Waals surface area contributed by atoms with Crippen molar-refractivity contribution in [1.29, 1.82) is 0 Å². The Hall–Kier alpha value is -6.64. The lowest BCUT2D eigenvalue weighted by atomic mass is 9.99. The van der Waals surface area contributed by atoms with Crippen LogP contribution in [0.1, 0.15) is 38.2 Å². The molecular formula is C48H37F2NO5. The minimum Gasteiger partial charge on any atom is -0.481 e. The first-order valence-corrected chi connectivity index (χ1v) is 18.4. The van der Waals surface area contributed by atoms with E-state index < -0.39 is 11.8 Å². The van der Waals surface area contributed by atoms with Gasteiger partial charge in [-0.05, 0) is 101 Å². The van der Waals surface area contributed by atoms with Gasteiger partial charge in [0.2, 0.25) is 0 Å². The topological polar surface area (TPSA) is 83.9 Å². The molecule has 278 valence electrons. The monoisotopic (exact) mass is 745 g/mol. The van der Waals surface area contributed by atoms with Crippen LogP contribution in [0.3, 0.4) is 0 Å². The van der Waals surface area contributed by atoms with Gasteiger partial charge in [-0.15, -0.1) is 0 Å². The van der Waals surface area contributed by atoms with Gasteiger partial charge in [0, 0.05) is 36.0 Å². The number of halogens is 2. The van der Waals surface area contributed by atoms with Crippen molar-refractivity contribution in [1.82, 2.24) is 4.90 Å². The fourth-order valence-electron chi connectivity index (χ4n) is 7.11. The molecule has 1 fully saturated rings. The van der Waals surface area contributed by atoms with Crippen LogP contribution in [0.25, 0.3) is 44.6 Å². The average molecular weight is 746 g/mol. The first kappa shape index (κ1) is 36.3. The van der Waals surface area contributed by atoms with E-state index >= 15 is 0 Å². The van der Waals surface area contributed by atoms with E-state index in [0.717, 1.165) is 34.8 Å². The third-order valence-electron chi connectivity index (χ3n) is 10.1. The number of fused-ring (bicyclic) bond motifs is 2. The Bertz CT molecular complexity index is 2660. The number of hydrogen-bond donors (Lipinski definition) is 1. The third kappa shape index (κ3) is 8.21. The summed E-state index contributed by atoms with van der Waals surface area (Å²) in [6.07, 6.45) is 2.29. The summed E-state index contributed by atoms with van der Waals surface area (Å²) in [5, 5.41) is 10.9. The molecule has 8 aromatic rings. The second-order valence-electron chi connectivity index (χ2n) is 14.2. The summed E-state index contributed by atoms with van der Waals surface area (Å²) in [6, 6.07) is 45.8. The smallest absolute Gasteiger partial charge is 0.309 e. The van der Waals surface area contributed by atoms with E-state index in [2.05, 4.69) is 36.4 Å². The summed E-state index contributed by atoms with van der Waals surface area (Å²) in [5.74, 6) is -0.918. The van der Waals surface area contributed by atoms with E-state index in [1.54, 1.807) is 18.2 Å². The lowest BCUT2D eigenvalue weighted by Gasteiger charge is -2.36. The molecule has 0 amide bonds. The van der Waals surface area contributed by atoms with E-state index in [9.17, 15) is 18.4 Å². The number of aliphatic carboxylic acids is 1. The molecule has 0 bridgehead atoms. The van der Waals surface area contributed by atoms with Crippen molar-refractivity contribution in [2.24, 2.45) is 5.92 Å². The Morgan fingerprint density at radius 1 is 0.607 bits per heavy atom. The molecule has 0 radical (unpaired) electrons. The van der Waals surface area contributed by atoms with Gasteiger partial charge in [-0.2, -0.15) is 0 Å². The number of aldehydes is 1. The van der Waals surface area contributed by atoms with E-state index in [4.69, 9.17) is 13.9 Å². The van der Waals surface area contributed by atoms with Crippen molar-refractivity contribution in [3.05, 3.63) is 191 Å². The maximum absolute atomic E-state index is 14.8. The normalized spacial score (nSPS) is 13.0. The van der Waals surface area contributed by atoms with Gasteiger partial charge in [-0.1, -0.05) is 84.9 Å². The van der Waals surface area contributed by atoms with Crippen LogP contribution in [-0.2, 0) is 24.2 Å². The highest BCUT2D eigenvalue weighted by Crippen LogP contribution is 2.33. The minimum atomic E-state index is -0.769. The first-order chi connectivity index (χ1) is 27.3. The Labute approximate surface area is 322 Å². The number of likely N-dealkylation sites (tertiary alicyclic amines) is 1. The predicted octanol–water partition coefficient (Wildman–Crippen LogP) is 11.0. The highest BCUT2D eigenvalue weighted by atomic mass is 19.1. The molecule has 1 saturated heterocycles. The minimum absolute atomic E-state index is 0.308. The lowest BCUT2D eigenvalue weighted by Crippen LogP contribution is -2.49. The maximum atomic E-state index is 14.8. The van der Waals surface area contributed by atoms with Crippen LogP contribution in [0.2, 0.25) is 0 Å². The second-order valence-corrected chi connectivity index (χ2v) is 14.2. The zero-order chi connectivity index (χ0) is 38.6. The molecule has 1 N–H and O–H groups in total. The number of carboxylic acids is 1. The first-order valence-electron chi connectivity index (χ1n) is 18.4. The molecule has 0 aliphatic carbocycles. The van der Waals surface area contributed by atoms with Crippen molar-refractivity contribution in [2.75, 3.05) is 13.1 Å². The lowest BCUT2D eigenvalue weighted by molar-refractivity contribution is -0.147. The van der Waals surface area contributed by atoms with Gasteiger partial charge >= 0.3 is 5.97 Å². The zero-order valence-electron chi connectivity index (χ0n) is 30.3. The van der Waals surface area contributed by atoms with Crippen LogP contribution < -0.4 is 0 Å².